The van der Waals surface area contributed by atoms with Gasteiger partial charge in [0.1, 0.15) is 18.9 Å². The van der Waals surface area contributed by atoms with Crippen LogP contribution in [-0.4, -0.2) is 27.1 Å². The zero-order valence-corrected chi connectivity index (χ0v) is 25.9. The molecule has 0 aromatic heterocycles. The summed E-state index contributed by atoms with van der Waals surface area (Å²) < 4.78 is 74.4. The number of nitrogens with zero attached hydrogens (tertiary/aromatic N) is 2. The lowest BCUT2D eigenvalue weighted by molar-refractivity contribution is -0.137. The van der Waals surface area contributed by atoms with Gasteiger partial charge in [0.2, 0.25) is 0 Å². The number of halogens is 4. The summed E-state index contributed by atoms with van der Waals surface area (Å²) in [4.78, 5) is 12.7. The number of alkyl halides is 3. The average Bonchev–Trinajstić information content (AvgIpc) is 3.03. The van der Waals surface area contributed by atoms with Gasteiger partial charge in [-0.15, -0.1) is 0 Å². The Morgan fingerprint density at radius 2 is 1.63 bits per heavy atom. The van der Waals surface area contributed by atoms with Gasteiger partial charge in [0.15, 0.2) is 0 Å². The van der Waals surface area contributed by atoms with Crippen LogP contribution in [0.1, 0.15) is 22.3 Å². The topological polar surface area (TPSA) is 88.1 Å². The lowest BCUT2D eigenvalue weighted by Crippen LogP contribution is -2.39. The molecule has 0 aliphatic rings. The highest BCUT2D eigenvalue weighted by Crippen LogP contribution is 2.38. The van der Waals surface area contributed by atoms with Crippen molar-refractivity contribution in [2.75, 3.05) is 10.8 Å². The van der Waals surface area contributed by atoms with Gasteiger partial charge in [-0.2, -0.15) is 18.3 Å². The number of rotatable bonds is 10. The fourth-order valence-corrected chi connectivity index (χ4v) is 6.25. The fourth-order valence-electron chi connectivity index (χ4n) is 4.61. The number of anilines is 1. The number of hydrogen-bond donors (Lipinski definition) is 1. The summed E-state index contributed by atoms with van der Waals surface area (Å²) in [6, 6.07) is 29.3. The lowest BCUT2D eigenvalue weighted by Gasteiger charge is -2.25. The van der Waals surface area contributed by atoms with Crippen molar-refractivity contribution < 1.29 is 31.1 Å². The van der Waals surface area contributed by atoms with Crippen molar-refractivity contribution in [3.05, 3.63) is 136 Å². The van der Waals surface area contributed by atoms with E-state index >= 15 is 0 Å². The number of ether oxygens (including phenoxy) is 1. The first-order valence-corrected chi connectivity index (χ1v) is 15.7. The molecule has 46 heavy (non-hydrogen) atoms. The minimum absolute atomic E-state index is 0.208. The molecule has 0 fully saturated rings. The Balaban J connectivity index is 1.28. The summed E-state index contributed by atoms with van der Waals surface area (Å²) in [6.07, 6.45) is -3.51. The summed E-state index contributed by atoms with van der Waals surface area (Å²) in [5, 5.41) is 5.51. The average molecular weight is 666 g/mol. The third kappa shape index (κ3) is 7.67. The van der Waals surface area contributed by atoms with Gasteiger partial charge in [-0.1, -0.05) is 71.8 Å². The van der Waals surface area contributed by atoms with Gasteiger partial charge in [0, 0.05) is 0 Å². The van der Waals surface area contributed by atoms with Gasteiger partial charge in [-0.05, 0) is 83.4 Å². The van der Waals surface area contributed by atoms with Gasteiger partial charge in [-0.25, -0.2) is 13.8 Å². The molecule has 0 bridgehead atoms. The third-order valence-corrected chi connectivity index (χ3v) is 9.11. The number of nitrogens with one attached hydrogen (secondary N) is 1. The Bertz CT molecular complexity index is 1990. The van der Waals surface area contributed by atoms with Crippen molar-refractivity contribution in [2.45, 2.75) is 24.6 Å². The van der Waals surface area contributed by atoms with Crippen molar-refractivity contribution in [3.63, 3.8) is 0 Å². The van der Waals surface area contributed by atoms with Crippen LogP contribution in [0.25, 0.3) is 10.8 Å². The molecule has 5 aromatic rings. The summed E-state index contributed by atoms with van der Waals surface area (Å²) in [7, 11) is -4.46. The number of carbonyl (C=O) groups is 1. The van der Waals surface area contributed by atoms with Gasteiger partial charge < -0.3 is 4.74 Å². The maximum atomic E-state index is 13.6. The molecular formula is C34H27ClF3N3O4S. The second kappa shape index (κ2) is 13.6. The third-order valence-electron chi connectivity index (χ3n) is 7.00. The summed E-state index contributed by atoms with van der Waals surface area (Å²) in [5.41, 5.74) is 3.03. The number of hydrazone groups is 1. The second-order valence-corrected chi connectivity index (χ2v) is 12.5. The van der Waals surface area contributed by atoms with E-state index < -0.39 is 44.9 Å². The van der Waals surface area contributed by atoms with E-state index in [-0.39, 0.29) is 4.90 Å². The highest BCUT2D eigenvalue weighted by molar-refractivity contribution is 7.92. The molecule has 1 amide bonds. The van der Waals surface area contributed by atoms with E-state index in [4.69, 9.17) is 16.3 Å². The van der Waals surface area contributed by atoms with E-state index in [1.165, 1.54) is 18.3 Å². The molecule has 0 radical (unpaired) electrons. The van der Waals surface area contributed by atoms with E-state index in [9.17, 15) is 26.4 Å². The molecule has 1 N–H and O–H groups in total. The molecule has 5 aromatic carbocycles. The Hall–Kier alpha value is -4.87. The molecule has 0 saturated carbocycles. The monoisotopic (exact) mass is 665 g/mol. The van der Waals surface area contributed by atoms with Gasteiger partial charge >= 0.3 is 6.18 Å². The van der Waals surface area contributed by atoms with Crippen LogP contribution in [0.3, 0.4) is 0 Å². The van der Waals surface area contributed by atoms with Gasteiger partial charge in [0.05, 0.1) is 27.4 Å². The molecule has 5 rings (SSSR count). The van der Waals surface area contributed by atoms with E-state index in [0.717, 1.165) is 34.0 Å². The maximum absolute atomic E-state index is 13.6. The SMILES string of the molecule is Cc1ccc(S(=O)(=O)N(CC(=O)N/N=C\c2ccc(OCc3cccc4ccccc34)cc2)c2ccc(Cl)c(C(F)(F)F)c2)cc1. The molecule has 7 nitrogen and oxygen atoms in total. The van der Waals surface area contributed by atoms with Crippen molar-refractivity contribution in [1.29, 1.82) is 0 Å². The van der Waals surface area contributed by atoms with E-state index in [2.05, 4.69) is 10.5 Å². The Labute approximate surface area is 268 Å². The summed E-state index contributed by atoms with van der Waals surface area (Å²) in [6.45, 7) is 1.26. The number of carbonyl (C=O) groups excluding carboxylic acids is 1. The van der Waals surface area contributed by atoms with Crippen LogP contribution < -0.4 is 14.5 Å². The van der Waals surface area contributed by atoms with Crippen LogP contribution in [0.4, 0.5) is 18.9 Å². The highest BCUT2D eigenvalue weighted by Gasteiger charge is 2.35. The molecular weight excluding hydrogens is 639 g/mol. The van der Waals surface area contributed by atoms with Crippen molar-refractivity contribution in [3.8, 4) is 5.75 Å². The largest absolute Gasteiger partial charge is 0.489 e. The summed E-state index contributed by atoms with van der Waals surface area (Å²) in [5.74, 6) is -0.266. The molecule has 0 saturated heterocycles. The van der Waals surface area contributed by atoms with Crippen molar-refractivity contribution in [2.24, 2.45) is 5.10 Å². The first-order valence-electron chi connectivity index (χ1n) is 13.9. The van der Waals surface area contributed by atoms with Gasteiger partial charge in [-0.3, -0.25) is 9.10 Å². The van der Waals surface area contributed by atoms with Gasteiger partial charge in [0.25, 0.3) is 15.9 Å². The number of aryl methyl sites for hydroxylation is 1. The van der Waals surface area contributed by atoms with Crippen molar-refractivity contribution >= 4 is 50.2 Å². The normalized spacial score (nSPS) is 11.9. The predicted molar refractivity (Wildman–Crippen MR) is 173 cm³/mol. The van der Waals surface area contributed by atoms with Crippen molar-refractivity contribution in [1.82, 2.24) is 5.43 Å². The van der Waals surface area contributed by atoms with Crippen LogP contribution in [-0.2, 0) is 27.6 Å². The molecule has 12 heteroatoms. The van der Waals surface area contributed by atoms with E-state index in [1.807, 2.05) is 42.5 Å². The summed E-state index contributed by atoms with van der Waals surface area (Å²) >= 11 is 5.75. The number of benzene rings is 5. The first-order chi connectivity index (χ1) is 21.9. The van der Waals surface area contributed by atoms with Crippen LogP contribution in [0.5, 0.6) is 5.75 Å². The Kier molecular flexibility index (Phi) is 9.64. The van der Waals surface area contributed by atoms with Crippen LogP contribution in [0.2, 0.25) is 5.02 Å². The van der Waals surface area contributed by atoms with Crippen LogP contribution in [0.15, 0.2) is 119 Å². The first kappa shape index (κ1) is 32.5. The quantitative estimate of drug-likeness (QED) is 0.122. The molecule has 0 aliphatic heterocycles. The Morgan fingerprint density at radius 3 is 2.35 bits per heavy atom. The molecule has 0 unspecified atom stereocenters. The van der Waals surface area contributed by atoms with E-state index in [0.29, 0.717) is 28.3 Å². The predicted octanol–water partition coefficient (Wildman–Crippen LogP) is 7.75. The number of amides is 1. The lowest BCUT2D eigenvalue weighted by atomic mass is 10.1. The highest BCUT2D eigenvalue weighted by atomic mass is 35.5. The maximum Gasteiger partial charge on any atom is 0.417 e. The van der Waals surface area contributed by atoms with E-state index in [1.54, 1.807) is 43.3 Å². The molecule has 0 aliphatic carbocycles. The minimum atomic E-state index is -4.85. The smallest absolute Gasteiger partial charge is 0.417 e. The zero-order valence-electron chi connectivity index (χ0n) is 24.3. The molecule has 236 valence electrons. The second-order valence-electron chi connectivity index (χ2n) is 10.3. The molecule has 0 heterocycles. The number of sulfonamides is 1. The molecule has 0 spiro atoms. The minimum Gasteiger partial charge on any atom is -0.489 e. The standard InChI is InChI=1S/C34H27ClF3N3O4S/c1-23-9-16-29(17-10-23)46(43,44)41(27-13-18-32(35)31(19-27)34(36,37)38)21-33(42)40-39-20-24-11-14-28(15-12-24)45-22-26-7-4-6-25-5-2-3-8-30(25)26/h2-20H,21-22H2,1H3,(H,40,42)/b39-20-. The zero-order chi connectivity index (χ0) is 32.9. The number of fused-ring (bicyclic) bond motifs is 1. The number of hydrogen-bond acceptors (Lipinski definition) is 5. The fraction of sp³-hybridized carbons (Fsp3) is 0.118. The van der Waals surface area contributed by atoms with Crippen LogP contribution >= 0.6 is 11.6 Å². The Morgan fingerprint density at radius 1 is 0.935 bits per heavy atom. The van der Waals surface area contributed by atoms with Crippen LogP contribution in [0, 0.1) is 6.92 Å². The molecule has 0 atom stereocenters.